The van der Waals surface area contributed by atoms with Crippen LogP contribution in [0, 0.1) is 0 Å². The minimum atomic E-state index is -0.130. The van der Waals surface area contributed by atoms with Gasteiger partial charge in [0.15, 0.2) is 0 Å². The predicted octanol–water partition coefficient (Wildman–Crippen LogP) is 10.0. The summed E-state index contributed by atoms with van der Waals surface area (Å²) in [5.74, 6) is 0.508. The van der Waals surface area contributed by atoms with Crippen molar-refractivity contribution in [1.82, 2.24) is 0 Å². The van der Waals surface area contributed by atoms with Crippen LogP contribution in [-0.2, 0) is 19.4 Å². The Morgan fingerprint density at radius 1 is 1.03 bits per heavy atom. The number of nitrogens with one attached hydrogen (secondary N) is 1. The fraction of sp³-hybridized carbons (Fsp3) is 0.172. The summed E-state index contributed by atoms with van der Waals surface area (Å²) < 4.78 is 7.85. The molecule has 0 radical (unpaired) electrons. The van der Waals surface area contributed by atoms with Crippen LogP contribution in [0.3, 0.4) is 0 Å². The van der Waals surface area contributed by atoms with Crippen molar-refractivity contribution in [2.24, 2.45) is 4.99 Å². The first kappa shape index (κ1) is 27.4. The molecular weight excluding hydrogens is 671 g/mol. The monoisotopic (exact) mass is 690 g/mol. The molecule has 0 saturated heterocycles. The lowest BCUT2D eigenvalue weighted by atomic mass is 9.95. The molecule has 194 valence electrons. The number of amides is 1. The van der Waals surface area contributed by atoms with Crippen LogP contribution in [0.1, 0.15) is 44.8 Å². The van der Waals surface area contributed by atoms with Crippen LogP contribution in [0.15, 0.2) is 74.6 Å². The highest BCUT2D eigenvalue weighted by Crippen LogP contribution is 2.41. The van der Waals surface area contributed by atoms with Crippen molar-refractivity contribution in [1.29, 1.82) is 0 Å². The van der Waals surface area contributed by atoms with E-state index in [0.717, 1.165) is 57.0 Å². The lowest BCUT2D eigenvalue weighted by Crippen LogP contribution is -2.14. The highest BCUT2D eigenvalue weighted by molar-refractivity contribution is 9.11. The largest absolute Gasteiger partial charge is 0.487 e. The van der Waals surface area contributed by atoms with Gasteiger partial charge >= 0.3 is 0 Å². The molecule has 0 fully saturated rings. The van der Waals surface area contributed by atoms with E-state index in [-0.39, 0.29) is 5.91 Å². The van der Waals surface area contributed by atoms with Gasteiger partial charge in [0, 0.05) is 26.8 Å². The maximum absolute atomic E-state index is 13.4. The molecule has 1 aromatic heterocycles. The number of benzene rings is 3. The van der Waals surface area contributed by atoms with Crippen LogP contribution in [0.2, 0.25) is 10.0 Å². The Morgan fingerprint density at radius 3 is 2.61 bits per heavy atom. The van der Waals surface area contributed by atoms with Gasteiger partial charge in [0.25, 0.3) is 5.91 Å². The Bertz CT molecular complexity index is 1520. The Hall–Kier alpha value is -2.16. The highest BCUT2D eigenvalue weighted by Gasteiger charge is 2.25. The number of hydrogen-bond donors (Lipinski definition) is 1. The molecule has 0 bridgehead atoms. The average molecular weight is 693 g/mol. The zero-order valence-corrected chi connectivity index (χ0v) is 25.6. The number of fused-ring (bicyclic) bond motifs is 1. The number of rotatable bonds is 7. The van der Waals surface area contributed by atoms with Gasteiger partial charge in [0.2, 0.25) is 0 Å². The highest BCUT2D eigenvalue weighted by atomic mass is 79.9. The first-order valence-corrected chi connectivity index (χ1v) is 15.2. The van der Waals surface area contributed by atoms with Gasteiger partial charge in [-0.3, -0.25) is 4.79 Å². The first-order chi connectivity index (χ1) is 18.4. The van der Waals surface area contributed by atoms with Crippen molar-refractivity contribution in [3.05, 3.63) is 107 Å². The third-order valence-corrected chi connectivity index (χ3v) is 9.12. The minimum Gasteiger partial charge on any atom is -0.487 e. The van der Waals surface area contributed by atoms with Crippen LogP contribution >= 0.6 is 66.4 Å². The van der Waals surface area contributed by atoms with Crippen molar-refractivity contribution in [2.45, 2.75) is 32.3 Å². The number of halogens is 4. The van der Waals surface area contributed by atoms with Gasteiger partial charge in [-0.1, -0.05) is 63.4 Å². The zero-order chi connectivity index (χ0) is 26.6. The maximum Gasteiger partial charge on any atom is 0.259 e. The Balaban J connectivity index is 1.46. The number of ether oxygens (including phenoxy) is 1. The number of para-hydroxylation sites is 1. The van der Waals surface area contributed by atoms with Crippen molar-refractivity contribution < 1.29 is 9.53 Å². The van der Waals surface area contributed by atoms with E-state index in [2.05, 4.69) is 37.2 Å². The summed E-state index contributed by atoms with van der Waals surface area (Å²) in [5, 5.41) is 4.73. The molecule has 9 heteroatoms. The van der Waals surface area contributed by atoms with Crippen LogP contribution in [0.25, 0.3) is 0 Å². The molecule has 1 heterocycles. The average Bonchev–Trinajstić information content (AvgIpc) is 3.28. The minimum absolute atomic E-state index is 0.130. The number of carbonyl (C=O) groups excluding carboxylic acids is 1. The lowest BCUT2D eigenvalue weighted by Gasteiger charge is -2.13. The number of nitrogens with zero attached hydrogens (tertiary/aromatic N) is 1. The van der Waals surface area contributed by atoms with E-state index in [9.17, 15) is 4.79 Å². The SMILES string of the molecule is O=C(Nc1ccccc1)c1c(N=Cc2cc(Br)cc(Br)c2OCc2ccc(Cl)c(Cl)c2)sc2c1CCCC2. The topological polar surface area (TPSA) is 50.7 Å². The van der Waals surface area contributed by atoms with E-state index in [1.54, 1.807) is 29.7 Å². The van der Waals surface area contributed by atoms with Crippen molar-refractivity contribution in [2.75, 3.05) is 5.32 Å². The third kappa shape index (κ3) is 6.35. The number of thiophene rings is 1. The van der Waals surface area contributed by atoms with Crippen LogP contribution in [-0.4, -0.2) is 12.1 Å². The number of carbonyl (C=O) groups is 1. The molecule has 5 rings (SSSR count). The molecule has 0 aliphatic heterocycles. The standard InChI is InChI=1S/C29H22Br2Cl2N2O2S/c30-19-13-18(27(22(31)14-19)37-16-17-10-11-23(32)24(33)12-17)15-34-29-26(21-8-4-5-9-25(21)38-29)28(36)35-20-6-2-1-3-7-20/h1-3,6-7,10-15H,4-5,8-9,16H2,(H,35,36). The first-order valence-electron chi connectivity index (χ1n) is 12.0. The molecule has 0 saturated carbocycles. The molecule has 4 nitrogen and oxygen atoms in total. The summed E-state index contributed by atoms with van der Waals surface area (Å²) in [6.07, 6.45) is 5.82. The van der Waals surface area contributed by atoms with Gasteiger partial charge in [-0.2, -0.15) is 0 Å². The van der Waals surface area contributed by atoms with Gasteiger partial charge in [-0.15, -0.1) is 11.3 Å². The van der Waals surface area contributed by atoms with Gasteiger partial charge in [0.1, 0.15) is 17.4 Å². The lowest BCUT2D eigenvalue weighted by molar-refractivity contribution is 0.102. The van der Waals surface area contributed by atoms with E-state index in [0.29, 0.717) is 33.0 Å². The Labute approximate surface area is 252 Å². The molecule has 1 amide bonds. The molecular formula is C29H22Br2Cl2N2O2S. The van der Waals surface area contributed by atoms with Gasteiger partial charge in [-0.05, 0) is 89.1 Å². The third-order valence-electron chi connectivity index (χ3n) is 6.14. The van der Waals surface area contributed by atoms with E-state index in [1.165, 1.54) is 4.88 Å². The molecule has 0 unspecified atom stereocenters. The smallest absolute Gasteiger partial charge is 0.259 e. The molecule has 1 N–H and O–H groups in total. The second-order valence-electron chi connectivity index (χ2n) is 8.81. The summed E-state index contributed by atoms with van der Waals surface area (Å²) in [4.78, 5) is 19.5. The maximum atomic E-state index is 13.4. The zero-order valence-electron chi connectivity index (χ0n) is 20.1. The quantitative estimate of drug-likeness (QED) is 0.196. The van der Waals surface area contributed by atoms with E-state index >= 15 is 0 Å². The van der Waals surface area contributed by atoms with E-state index in [4.69, 9.17) is 32.9 Å². The summed E-state index contributed by atoms with van der Waals surface area (Å²) >= 11 is 21.0. The molecule has 0 atom stereocenters. The number of aryl methyl sites for hydroxylation is 1. The molecule has 4 aromatic rings. The number of aliphatic imine (C=N–C) groups is 1. The van der Waals surface area contributed by atoms with Crippen molar-refractivity contribution >= 4 is 89.2 Å². The second kappa shape index (κ2) is 12.3. The second-order valence-corrected chi connectivity index (χ2v) is 12.5. The van der Waals surface area contributed by atoms with Gasteiger partial charge in [0.05, 0.1) is 20.1 Å². The molecule has 0 spiro atoms. The molecule has 1 aliphatic carbocycles. The summed E-state index contributed by atoms with van der Waals surface area (Å²) in [5.41, 5.74) is 4.21. The normalized spacial score (nSPS) is 12.9. The molecule has 38 heavy (non-hydrogen) atoms. The summed E-state index contributed by atoms with van der Waals surface area (Å²) in [6, 6.07) is 18.8. The number of anilines is 1. The van der Waals surface area contributed by atoms with Gasteiger partial charge < -0.3 is 10.1 Å². The molecule has 3 aromatic carbocycles. The Kier molecular flexibility index (Phi) is 8.91. The van der Waals surface area contributed by atoms with Crippen LogP contribution in [0.4, 0.5) is 10.7 Å². The van der Waals surface area contributed by atoms with Crippen LogP contribution < -0.4 is 10.1 Å². The van der Waals surface area contributed by atoms with Gasteiger partial charge in [-0.25, -0.2) is 4.99 Å². The fourth-order valence-electron chi connectivity index (χ4n) is 4.33. The van der Waals surface area contributed by atoms with Crippen LogP contribution in [0.5, 0.6) is 5.75 Å². The van der Waals surface area contributed by atoms with Crippen molar-refractivity contribution in [3.63, 3.8) is 0 Å². The summed E-state index contributed by atoms with van der Waals surface area (Å²) in [6.45, 7) is 0.302. The van der Waals surface area contributed by atoms with Crippen molar-refractivity contribution in [3.8, 4) is 5.75 Å². The summed E-state index contributed by atoms with van der Waals surface area (Å²) in [7, 11) is 0. The fourth-order valence-corrected chi connectivity index (χ4v) is 7.26. The Morgan fingerprint density at radius 2 is 1.82 bits per heavy atom. The van der Waals surface area contributed by atoms with E-state index < -0.39 is 0 Å². The van der Waals surface area contributed by atoms with E-state index in [1.807, 2.05) is 48.5 Å². The predicted molar refractivity (Wildman–Crippen MR) is 165 cm³/mol. The molecule has 1 aliphatic rings. The number of hydrogen-bond acceptors (Lipinski definition) is 4.